The quantitative estimate of drug-likeness (QED) is 0.897. The minimum atomic E-state index is -0.759. The van der Waals surface area contributed by atoms with Gasteiger partial charge in [-0.3, -0.25) is 9.69 Å². The Bertz CT molecular complexity index is 480. The number of rotatable bonds is 5. The van der Waals surface area contributed by atoms with Gasteiger partial charge in [0.1, 0.15) is 5.82 Å². The third kappa shape index (κ3) is 5.79. The molecule has 4 nitrogen and oxygen atoms in total. The van der Waals surface area contributed by atoms with Crippen molar-refractivity contribution in [2.75, 3.05) is 32.7 Å². The van der Waals surface area contributed by atoms with Crippen LogP contribution < -0.4 is 0 Å². The lowest BCUT2D eigenvalue weighted by molar-refractivity contribution is -0.137. The van der Waals surface area contributed by atoms with E-state index >= 15 is 0 Å². The van der Waals surface area contributed by atoms with Gasteiger partial charge in [-0.1, -0.05) is 17.7 Å². The lowest BCUT2D eigenvalue weighted by Gasteiger charge is -2.34. The van der Waals surface area contributed by atoms with Crippen molar-refractivity contribution in [2.24, 2.45) is 0 Å². The van der Waals surface area contributed by atoms with E-state index in [9.17, 15) is 9.18 Å². The second-order valence-electron chi connectivity index (χ2n) is 5.00. The van der Waals surface area contributed by atoms with Gasteiger partial charge in [-0.25, -0.2) is 4.39 Å². The number of benzene rings is 1. The zero-order chi connectivity index (χ0) is 14.5. The van der Waals surface area contributed by atoms with Crippen molar-refractivity contribution >= 4 is 30.0 Å². The molecule has 21 heavy (non-hydrogen) atoms. The second-order valence-corrected chi connectivity index (χ2v) is 5.40. The predicted molar refractivity (Wildman–Crippen MR) is 82.6 cm³/mol. The molecule has 1 fully saturated rings. The molecule has 0 saturated carbocycles. The van der Waals surface area contributed by atoms with Gasteiger partial charge in [0.2, 0.25) is 0 Å². The monoisotopic (exact) mass is 336 g/mol. The summed E-state index contributed by atoms with van der Waals surface area (Å²) < 4.78 is 13.0. The van der Waals surface area contributed by atoms with Gasteiger partial charge in [0.15, 0.2) is 0 Å². The van der Waals surface area contributed by atoms with E-state index < -0.39 is 5.97 Å². The van der Waals surface area contributed by atoms with E-state index in [0.717, 1.165) is 31.7 Å². The molecule has 0 atom stereocenters. The average molecular weight is 337 g/mol. The Morgan fingerprint density at radius 2 is 1.86 bits per heavy atom. The van der Waals surface area contributed by atoms with Crippen molar-refractivity contribution in [3.8, 4) is 0 Å². The van der Waals surface area contributed by atoms with Crippen molar-refractivity contribution in [3.05, 3.63) is 34.6 Å². The standard InChI is InChI=1S/C14H18ClFN2O2.ClH/c15-13-9-12(16)2-1-11(13)10-18-7-5-17(6-8-18)4-3-14(19)20;/h1-2,9H,3-8,10H2,(H,19,20);1H. The molecule has 1 N–H and O–H groups in total. The fourth-order valence-electron chi connectivity index (χ4n) is 2.32. The van der Waals surface area contributed by atoms with Crippen LogP contribution in [-0.4, -0.2) is 53.6 Å². The Labute approximate surface area is 134 Å². The topological polar surface area (TPSA) is 43.8 Å². The van der Waals surface area contributed by atoms with Crippen LogP contribution in [0.25, 0.3) is 0 Å². The lowest BCUT2D eigenvalue weighted by atomic mass is 10.2. The zero-order valence-corrected chi connectivity index (χ0v) is 13.2. The molecule has 0 bridgehead atoms. The Morgan fingerprint density at radius 3 is 2.43 bits per heavy atom. The van der Waals surface area contributed by atoms with E-state index in [1.165, 1.54) is 12.1 Å². The molecule has 0 aliphatic carbocycles. The molecule has 1 aromatic rings. The van der Waals surface area contributed by atoms with Gasteiger partial charge < -0.3 is 10.0 Å². The number of carbonyl (C=O) groups is 1. The fourth-order valence-corrected chi connectivity index (χ4v) is 2.54. The molecule has 1 aliphatic rings. The highest BCUT2D eigenvalue weighted by Gasteiger charge is 2.18. The van der Waals surface area contributed by atoms with Crippen molar-refractivity contribution in [1.82, 2.24) is 9.80 Å². The minimum Gasteiger partial charge on any atom is -0.481 e. The van der Waals surface area contributed by atoms with Gasteiger partial charge in [-0.05, 0) is 17.7 Å². The Balaban J connectivity index is 0.00000220. The van der Waals surface area contributed by atoms with Gasteiger partial charge in [-0.15, -0.1) is 12.4 Å². The van der Waals surface area contributed by atoms with Crippen LogP contribution in [0.4, 0.5) is 4.39 Å². The van der Waals surface area contributed by atoms with Gasteiger partial charge in [0.25, 0.3) is 0 Å². The predicted octanol–water partition coefficient (Wildman–Crippen LogP) is 2.49. The van der Waals surface area contributed by atoms with E-state index in [4.69, 9.17) is 16.7 Å². The molecule has 0 amide bonds. The number of hydrogen-bond donors (Lipinski definition) is 1. The number of piperazine rings is 1. The first kappa shape index (κ1) is 18.2. The molecule has 1 saturated heterocycles. The van der Waals surface area contributed by atoms with E-state index in [2.05, 4.69) is 9.80 Å². The van der Waals surface area contributed by atoms with Gasteiger partial charge in [0.05, 0.1) is 6.42 Å². The third-order valence-corrected chi connectivity index (χ3v) is 3.87. The Kier molecular flexibility index (Phi) is 7.39. The molecule has 2 rings (SSSR count). The minimum absolute atomic E-state index is 0. The molecule has 0 spiro atoms. The molecule has 7 heteroatoms. The number of nitrogens with zero attached hydrogens (tertiary/aromatic N) is 2. The summed E-state index contributed by atoms with van der Waals surface area (Å²) in [4.78, 5) is 14.9. The van der Waals surface area contributed by atoms with Crippen molar-refractivity contribution < 1.29 is 14.3 Å². The molecule has 1 heterocycles. The molecule has 0 unspecified atom stereocenters. The molecule has 1 aromatic carbocycles. The highest BCUT2D eigenvalue weighted by Crippen LogP contribution is 2.19. The summed E-state index contributed by atoms with van der Waals surface area (Å²) in [5.41, 5.74) is 0.923. The maximum atomic E-state index is 13.0. The lowest BCUT2D eigenvalue weighted by Crippen LogP contribution is -2.46. The Morgan fingerprint density at radius 1 is 1.24 bits per heavy atom. The molecule has 1 aliphatic heterocycles. The van der Waals surface area contributed by atoms with Crippen LogP contribution in [0.5, 0.6) is 0 Å². The number of aliphatic carboxylic acids is 1. The van der Waals surface area contributed by atoms with Crippen molar-refractivity contribution in [1.29, 1.82) is 0 Å². The highest BCUT2D eigenvalue weighted by molar-refractivity contribution is 6.31. The fraction of sp³-hybridized carbons (Fsp3) is 0.500. The third-order valence-electron chi connectivity index (χ3n) is 3.52. The first-order valence-corrected chi connectivity index (χ1v) is 7.03. The number of hydrogen-bond acceptors (Lipinski definition) is 3. The largest absolute Gasteiger partial charge is 0.481 e. The number of carboxylic acid groups (broad SMARTS) is 1. The van der Waals surface area contributed by atoms with Crippen LogP contribution in [0.15, 0.2) is 18.2 Å². The van der Waals surface area contributed by atoms with Crippen LogP contribution >= 0.6 is 24.0 Å². The summed E-state index contributed by atoms with van der Waals surface area (Å²) in [6.45, 7) is 4.74. The smallest absolute Gasteiger partial charge is 0.304 e. The Hall–Kier alpha value is -0.880. The number of carboxylic acids is 1. The average Bonchev–Trinajstić information content (AvgIpc) is 2.41. The molecular formula is C14H19Cl2FN2O2. The van der Waals surface area contributed by atoms with Gasteiger partial charge >= 0.3 is 5.97 Å². The van der Waals surface area contributed by atoms with Crippen LogP contribution in [-0.2, 0) is 11.3 Å². The van der Waals surface area contributed by atoms with Crippen molar-refractivity contribution in [2.45, 2.75) is 13.0 Å². The van der Waals surface area contributed by atoms with Crippen LogP contribution in [0.3, 0.4) is 0 Å². The SMILES string of the molecule is Cl.O=C(O)CCN1CCN(Cc2ccc(F)cc2Cl)CC1. The molecule has 0 radical (unpaired) electrons. The summed E-state index contributed by atoms with van der Waals surface area (Å²) in [6.07, 6.45) is 0.184. The number of halogens is 3. The summed E-state index contributed by atoms with van der Waals surface area (Å²) in [7, 11) is 0. The van der Waals surface area contributed by atoms with E-state index in [1.807, 2.05) is 0 Å². The van der Waals surface area contributed by atoms with E-state index in [1.54, 1.807) is 6.07 Å². The maximum absolute atomic E-state index is 13.0. The molecule has 118 valence electrons. The normalized spacial score (nSPS) is 16.5. The maximum Gasteiger partial charge on any atom is 0.304 e. The van der Waals surface area contributed by atoms with E-state index in [0.29, 0.717) is 18.1 Å². The molecule has 0 aromatic heterocycles. The zero-order valence-electron chi connectivity index (χ0n) is 11.6. The highest BCUT2D eigenvalue weighted by atomic mass is 35.5. The van der Waals surface area contributed by atoms with E-state index in [-0.39, 0.29) is 24.6 Å². The first-order valence-electron chi connectivity index (χ1n) is 6.65. The second kappa shape index (κ2) is 8.54. The van der Waals surface area contributed by atoms with Gasteiger partial charge in [-0.2, -0.15) is 0 Å². The van der Waals surface area contributed by atoms with Crippen LogP contribution in [0.1, 0.15) is 12.0 Å². The summed E-state index contributed by atoms with van der Waals surface area (Å²) >= 11 is 6.02. The summed E-state index contributed by atoms with van der Waals surface area (Å²) in [5, 5.41) is 9.12. The summed E-state index contributed by atoms with van der Waals surface area (Å²) in [5.74, 6) is -1.08. The van der Waals surface area contributed by atoms with Crippen LogP contribution in [0.2, 0.25) is 5.02 Å². The summed E-state index contributed by atoms with van der Waals surface area (Å²) in [6, 6.07) is 4.47. The van der Waals surface area contributed by atoms with Crippen molar-refractivity contribution in [3.63, 3.8) is 0 Å². The van der Waals surface area contributed by atoms with Gasteiger partial charge in [0, 0.05) is 44.3 Å². The molecular weight excluding hydrogens is 318 g/mol. The van der Waals surface area contributed by atoms with Crippen LogP contribution in [0, 0.1) is 5.82 Å². The first-order chi connectivity index (χ1) is 9.54.